The lowest BCUT2D eigenvalue weighted by Gasteiger charge is -2.17. The maximum Gasteiger partial charge on any atom is 0.251 e. The Balaban J connectivity index is 0.00000180. The van der Waals surface area contributed by atoms with Crippen LogP contribution in [-0.2, 0) is 0 Å². The lowest BCUT2D eigenvalue weighted by atomic mass is 10.0. The zero-order valence-electron chi connectivity index (χ0n) is 11.4. The molecule has 1 fully saturated rings. The highest BCUT2D eigenvalue weighted by Gasteiger charge is 2.16. The van der Waals surface area contributed by atoms with E-state index in [4.69, 9.17) is 5.73 Å². The van der Waals surface area contributed by atoms with Crippen molar-refractivity contribution in [1.82, 2.24) is 5.32 Å². The van der Waals surface area contributed by atoms with Gasteiger partial charge < -0.3 is 11.1 Å². The largest absolute Gasteiger partial charge is 0.399 e. The second-order valence-corrected chi connectivity index (χ2v) is 5.24. The van der Waals surface area contributed by atoms with Gasteiger partial charge in [-0.3, -0.25) is 4.79 Å². The number of anilines is 1. The van der Waals surface area contributed by atoms with Crippen LogP contribution >= 0.6 is 12.4 Å². The Hall–Kier alpha value is -1.22. The van der Waals surface area contributed by atoms with Crippen molar-refractivity contribution in [3.63, 3.8) is 0 Å². The van der Waals surface area contributed by atoms with Crippen molar-refractivity contribution in [2.24, 2.45) is 0 Å². The molecule has 1 aliphatic rings. The topological polar surface area (TPSA) is 55.1 Å². The Kier molecular flexibility index (Phi) is 6.16. The standard InChI is InChI=1S/C15H22N2O.ClH/c1-11-8-9-12(16)10-14(11)15(18)17-13-6-4-2-3-5-7-13;/h8-10,13H,2-7,16H2,1H3,(H,17,18);1H. The number of nitrogen functional groups attached to an aromatic ring is 1. The minimum atomic E-state index is 0. The van der Waals surface area contributed by atoms with Gasteiger partial charge in [-0.25, -0.2) is 0 Å². The SMILES string of the molecule is Cc1ccc(N)cc1C(=O)NC1CCCCCC1.Cl. The van der Waals surface area contributed by atoms with E-state index in [0.717, 1.165) is 18.4 Å². The fraction of sp³-hybridized carbons (Fsp3) is 0.533. The van der Waals surface area contributed by atoms with Gasteiger partial charge in [-0.2, -0.15) is 0 Å². The number of nitrogens with one attached hydrogen (secondary N) is 1. The predicted molar refractivity (Wildman–Crippen MR) is 81.8 cm³/mol. The number of carbonyl (C=O) groups excluding carboxylic acids is 1. The number of benzene rings is 1. The summed E-state index contributed by atoms with van der Waals surface area (Å²) in [5, 5.41) is 3.15. The molecule has 0 aliphatic heterocycles. The average molecular weight is 283 g/mol. The Morgan fingerprint density at radius 3 is 2.47 bits per heavy atom. The molecule has 1 aromatic carbocycles. The van der Waals surface area contributed by atoms with Gasteiger partial charge in [0.05, 0.1) is 0 Å². The molecule has 1 saturated carbocycles. The third-order valence-electron chi connectivity index (χ3n) is 3.70. The number of aryl methyl sites for hydroxylation is 1. The molecule has 19 heavy (non-hydrogen) atoms. The number of amides is 1. The van der Waals surface area contributed by atoms with Crippen molar-refractivity contribution < 1.29 is 4.79 Å². The van der Waals surface area contributed by atoms with Gasteiger partial charge in [0, 0.05) is 17.3 Å². The van der Waals surface area contributed by atoms with Crippen molar-refractivity contribution in [3.8, 4) is 0 Å². The van der Waals surface area contributed by atoms with Crippen LogP contribution in [0.25, 0.3) is 0 Å². The number of hydrogen-bond acceptors (Lipinski definition) is 2. The molecule has 0 aromatic heterocycles. The minimum absolute atomic E-state index is 0. The Morgan fingerprint density at radius 2 is 1.84 bits per heavy atom. The molecule has 1 aliphatic carbocycles. The highest BCUT2D eigenvalue weighted by molar-refractivity contribution is 5.96. The van der Waals surface area contributed by atoms with Crippen LogP contribution in [-0.4, -0.2) is 11.9 Å². The number of halogens is 1. The molecule has 3 N–H and O–H groups in total. The smallest absolute Gasteiger partial charge is 0.251 e. The summed E-state index contributed by atoms with van der Waals surface area (Å²) >= 11 is 0. The number of rotatable bonds is 2. The lowest BCUT2D eigenvalue weighted by Crippen LogP contribution is -2.34. The highest BCUT2D eigenvalue weighted by Crippen LogP contribution is 2.18. The van der Waals surface area contributed by atoms with E-state index in [1.807, 2.05) is 19.1 Å². The second kappa shape index (κ2) is 7.39. The summed E-state index contributed by atoms with van der Waals surface area (Å²) in [4.78, 5) is 12.2. The summed E-state index contributed by atoms with van der Waals surface area (Å²) in [5.41, 5.74) is 8.08. The molecular weight excluding hydrogens is 260 g/mol. The molecule has 0 atom stereocenters. The third-order valence-corrected chi connectivity index (χ3v) is 3.70. The minimum Gasteiger partial charge on any atom is -0.399 e. The van der Waals surface area contributed by atoms with Crippen molar-refractivity contribution in [3.05, 3.63) is 29.3 Å². The first kappa shape index (κ1) is 15.8. The van der Waals surface area contributed by atoms with Gasteiger partial charge in [0.25, 0.3) is 5.91 Å². The zero-order valence-corrected chi connectivity index (χ0v) is 12.3. The molecule has 0 spiro atoms. The van der Waals surface area contributed by atoms with E-state index in [0.29, 0.717) is 17.3 Å². The van der Waals surface area contributed by atoms with Crippen LogP contribution in [0.1, 0.15) is 54.4 Å². The van der Waals surface area contributed by atoms with Crippen LogP contribution in [0.15, 0.2) is 18.2 Å². The maximum absolute atomic E-state index is 12.2. The van der Waals surface area contributed by atoms with Crippen LogP contribution in [0.5, 0.6) is 0 Å². The zero-order chi connectivity index (χ0) is 13.0. The first-order chi connectivity index (χ1) is 8.66. The summed E-state index contributed by atoms with van der Waals surface area (Å²) in [5.74, 6) is 0.0201. The van der Waals surface area contributed by atoms with Gasteiger partial charge in [0.15, 0.2) is 0 Å². The molecule has 1 aromatic rings. The summed E-state index contributed by atoms with van der Waals surface area (Å²) in [7, 11) is 0. The van der Waals surface area contributed by atoms with Gasteiger partial charge in [-0.1, -0.05) is 31.7 Å². The molecule has 0 radical (unpaired) electrons. The summed E-state index contributed by atoms with van der Waals surface area (Å²) in [6, 6.07) is 5.83. The fourth-order valence-electron chi connectivity index (χ4n) is 2.57. The molecule has 106 valence electrons. The van der Waals surface area contributed by atoms with E-state index in [1.165, 1.54) is 25.7 Å². The number of carbonyl (C=O) groups is 1. The molecule has 1 amide bonds. The van der Waals surface area contributed by atoms with E-state index >= 15 is 0 Å². The van der Waals surface area contributed by atoms with E-state index < -0.39 is 0 Å². The van der Waals surface area contributed by atoms with Crippen molar-refractivity contribution in [2.45, 2.75) is 51.5 Å². The summed E-state index contributed by atoms with van der Waals surface area (Å²) in [6.45, 7) is 1.95. The van der Waals surface area contributed by atoms with Gasteiger partial charge >= 0.3 is 0 Å². The van der Waals surface area contributed by atoms with Gasteiger partial charge in [-0.15, -0.1) is 12.4 Å². The van der Waals surface area contributed by atoms with E-state index in [1.54, 1.807) is 6.07 Å². The average Bonchev–Trinajstić information content (AvgIpc) is 2.61. The molecule has 3 nitrogen and oxygen atoms in total. The Morgan fingerprint density at radius 1 is 1.21 bits per heavy atom. The predicted octanol–water partition coefficient (Wildman–Crippen LogP) is 3.45. The van der Waals surface area contributed by atoms with Crippen LogP contribution in [0.4, 0.5) is 5.69 Å². The van der Waals surface area contributed by atoms with Gasteiger partial charge in [0.1, 0.15) is 0 Å². The molecule has 0 saturated heterocycles. The normalized spacial score (nSPS) is 16.3. The highest BCUT2D eigenvalue weighted by atomic mass is 35.5. The summed E-state index contributed by atoms with van der Waals surface area (Å²) in [6.07, 6.45) is 7.25. The maximum atomic E-state index is 12.2. The molecule has 2 rings (SSSR count). The van der Waals surface area contributed by atoms with Crippen LogP contribution in [0.3, 0.4) is 0 Å². The van der Waals surface area contributed by atoms with E-state index in [9.17, 15) is 4.79 Å². The number of hydrogen-bond donors (Lipinski definition) is 2. The first-order valence-electron chi connectivity index (χ1n) is 6.84. The number of nitrogens with two attached hydrogens (primary N) is 1. The van der Waals surface area contributed by atoms with Crippen LogP contribution in [0.2, 0.25) is 0 Å². The van der Waals surface area contributed by atoms with Crippen LogP contribution in [0, 0.1) is 6.92 Å². The second-order valence-electron chi connectivity index (χ2n) is 5.24. The quantitative estimate of drug-likeness (QED) is 0.645. The monoisotopic (exact) mass is 282 g/mol. The van der Waals surface area contributed by atoms with Gasteiger partial charge in [0.2, 0.25) is 0 Å². The van der Waals surface area contributed by atoms with Crippen molar-refractivity contribution in [1.29, 1.82) is 0 Å². The Labute approximate surface area is 121 Å². The molecule has 0 bridgehead atoms. The van der Waals surface area contributed by atoms with E-state index in [-0.39, 0.29) is 18.3 Å². The molecular formula is C15H23ClN2O. The molecule has 4 heteroatoms. The molecule has 0 heterocycles. The third kappa shape index (κ3) is 4.43. The first-order valence-corrected chi connectivity index (χ1v) is 6.84. The van der Waals surface area contributed by atoms with Crippen molar-refractivity contribution in [2.75, 3.05) is 5.73 Å². The lowest BCUT2D eigenvalue weighted by molar-refractivity contribution is 0.0933. The van der Waals surface area contributed by atoms with Crippen molar-refractivity contribution >= 4 is 24.0 Å². The van der Waals surface area contributed by atoms with Gasteiger partial charge in [-0.05, 0) is 37.5 Å². The summed E-state index contributed by atoms with van der Waals surface area (Å²) < 4.78 is 0. The fourth-order valence-corrected chi connectivity index (χ4v) is 2.57. The Bertz CT molecular complexity index is 426. The van der Waals surface area contributed by atoms with Crippen LogP contribution < -0.4 is 11.1 Å². The molecule has 0 unspecified atom stereocenters. The van der Waals surface area contributed by atoms with E-state index in [2.05, 4.69) is 5.32 Å².